The van der Waals surface area contributed by atoms with Crippen molar-refractivity contribution in [2.75, 3.05) is 26.2 Å². The van der Waals surface area contributed by atoms with Gasteiger partial charge in [0.1, 0.15) is 0 Å². The molecule has 2 aliphatic heterocycles. The lowest BCUT2D eigenvalue weighted by molar-refractivity contribution is -0.123. The van der Waals surface area contributed by atoms with Crippen LogP contribution >= 0.6 is 0 Å². The maximum atomic E-state index is 12.6. The third-order valence-corrected chi connectivity index (χ3v) is 5.39. The summed E-state index contributed by atoms with van der Waals surface area (Å²) in [5.41, 5.74) is 6.62. The topological polar surface area (TPSA) is 92.7 Å². The molecule has 26 heavy (non-hydrogen) atoms. The molecule has 2 N–H and O–H groups in total. The van der Waals surface area contributed by atoms with Crippen molar-refractivity contribution in [2.24, 2.45) is 11.7 Å². The minimum Gasteiger partial charge on any atom is -0.369 e. The number of aromatic nitrogens is 1. The largest absolute Gasteiger partial charge is 0.369 e. The Morgan fingerprint density at radius 1 is 1.12 bits per heavy atom. The van der Waals surface area contributed by atoms with Crippen LogP contribution in [0.1, 0.15) is 23.3 Å². The van der Waals surface area contributed by atoms with E-state index in [0.29, 0.717) is 30.6 Å². The van der Waals surface area contributed by atoms with E-state index in [-0.39, 0.29) is 17.7 Å². The summed E-state index contributed by atoms with van der Waals surface area (Å²) in [5.74, 6) is 0.296. The van der Waals surface area contributed by atoms with Gasteiger partial charge in [-0.1, -0.05) is 35.5 Å². The fraction of sp³-hybridized carbons (Fsp3) is 0.421. The SMILES string of the molecule is NC(=O)C1CCN(C2CN(C(=O)c3cc(-c4ccccc4)on3)C2)CC1. The van der Waals surface area contributed by atoms with E-state index < -0.39 is 0 Å². The number of rotatable bonds is 4. The zero-order valence-electron chi connectivity index (χ0n) is 14.5. The monoisotopic (exact) mass is 354 g/mol. The maximum Gasteiger partial charge on any atom is 0.276 e. The summed E-state index contributed by atoms with van der Waals surface area (Å²) in [4.78, 5) is 28.0. The van der Waals surface area contributed by atoms with E-state index in [1.54, 1.807) is 11.0 Å². The second-order valence-electron chi connectivity index (χ2n) is 7.02. The average Bonchev–Trinajstić information content (AvgIpc) is 3.12. The molecular formula is C19H22N4O3. The van der Waals surface area contributed by atoms with E-state index in [4.69, 9.17) is 10.3 Å². The molecule has 1 aromatic carbocycles. The van der Waals surface area contributed by atoms with E-state index in [2.05, 4.69) is 10.1 Å². The Kier molecular flexibility index (Phi) is 4.46. The fourth-order valence-corrected chi connectivity index (χ4v) is 3.68. The van der Waals surface area contributed by atoms with Gasteiger partial charge in [0, 0.05) is 36.7 Å². The Morgan fingerprint density at radius 3 is 2.46 bits per heavy atom. The van der Waals surface area contributed by atoms with Crippen LogP contribution in [-0.2, 0) is 4.79 Å². The number of nitrogens with zero attached hydrogens (tertiary/aromatic N) is 3. The highest BCUT2D eigenvalue weighted by molar-refractivity contribution is 5.93. The molecule has 0 radical (unpaired) electrons. The van der Waals surface area contributed by atoms with Crippen LogP contribution in [0.25, 0.3) is 11.3 Å². The van der Waals surface area contributed by atoms with Crippen molar-refractivity contribution in [3.05, 3.63) is 42.1 Å². The zero-order valence-corrected chi connectivity index (χ0v) is 14.5. The van der Waals surface area contributed by atoms with Crippen molar-refractivity contribution in [1.29, 1.82) is 0 Å². The Balaban J connectivity index is 1.31. The third-order valence-electron chi connectivity index (χ3n) is 5.39. The predicted octanol–water partition coefficient (Wildman–Crippen LogP) is 1.36. The highest BCUT2D eigenvalue weighted by Gasteiger charge is 2.38. The minimum atomic E-state index is -0.199. The van der Waals surface area contributed by atoms with E-state index in [1.165, 1.54) is 0 Å². The molecule has 0 bridgehead atoms. The second kappa shape index (κ2) is 6.92. The predicted molar refractivity (Wildman–Crippen MR) is 95.1 cm³/mol. The molecule has 2 amide bonds. The quantitative estimate of drug-likeness (QED) is 0.895. The van der Waals surface area contributed by atoms with Crippen molar-refractivity contribution in [3.63, 3.8) is 0 Å². The number of benzene rings is 1. The van der Waals surface area contributed by atoms with Gasteiger partial charge < -0.3 is 15.2 Å². The van der Waals surface area contributed by atoms with Crippen LogP contribution < -0.4 is 5.73 Å². The molecule has 1 aromatic heterocycles. The number of likely N-dealkylation sites (tertiary alicyclic amines) is 2. The van der Waals surface area contributed by atoms with Crippen LogP contribution in [-0.4, -0.2) is 59.0 Å². The fourth-order valence-electron chi connectivity index (χ4n) is 3.68. The molecule has 136 valence electrons. The number of nitrogens with two attached hydrogens (primary N) is 1. The number of carbonyl (C=O) groups is 2. The highest BCUT2D eigenvalue weighted by Crippen LogP contribution is 2.25. The van der Waals surface area contributed by atoms with Gasteiger partial charge in [0.25, 0.3) is 5.91 Å². The lowest BCUT2D eigenvalue weighted by Crippen LogP contribution is -2.62. The number of primary amides is 1. The molecule has 2 aromatic rings. The maximum absolute atomic E-state index is 12.6. The van der Waals surface area contributed by atoms with Gasteiger partial charge in [-0.25, -0.2) is 0 Å². The first kappa shape index (κ1) is 16.8. The summed E-state index contributed by atoms with van der Waals surface area (Å²) in [5, 5.41) is 3.93. The van der Waals surface area contributed by atoms with Crippen LogP contribution in [0, 0.1) is 5.92 Å². The van der Waals surface area contributed by atoms with Gasteiger partial charge in [-0.15, -0.1) is 0 Å². The Labute approximate surface area is 151 Å². The molecule has 3 heterocycles. The molecule has 2 aliphatic rings. The van der Waals surface area contributed by atoms with Crippen LogP contribution in [0.5, 0.6) is 0 Å². The van der Waals surface area contributed by atoms with Gasteiger partial charge in [-0.3, -0.25) is 14.5 Å². The van der Waals surface area contributed by atoms with E-state index in [1.807, 2.05) is 30.3 Å². The summed E-state index contributed by atoms with van der Waals surface area (Å²) < 4.78 is 5.32. The first-order valence-corrected chi connectivity index (χ1v) is 8.96. The smallest absolute Gasteiger partial charge is 0.276 e. The summed E-state index contributed by atoms with van der Waals surface area (Å²) in [6.45, 7) is 3.10. The van der Waals surface area contributed by atoms with Crippen molar-refractivity contribution >= 4 is 11.8 Å². The molecule has 0 unspecified atom stereocenters. The van der Waals surface area contributed by atoms with Gasteiger partial charge >= 0.3 is 0 Å². The van der Waals surface area contributed by atoms with Crippen LogP contribution in [0.4, 0.5) is 0 Å². The number of amides is 2. The molecule has 7 heteroatoms. The van der Waals surface area contributed by atoms with Gasteiger partial charge in [-0.05, 0) is 25.9 Å². The standard InChI is InChI=1S/C19H22N4O3/c20-18(24)14-6-8-22(9-7-14)15-11-23(12-15)19(25)16-10-17(26-21-16)13-4-2-1-3-5-13/h1-5,10,14-15H,6-9,11-12H2,(H2,20,24). The van der Waals surface area contributed by atoms with Crippen LogP contribution in [0.15, 0.2) is 40.9 Å². The van der Waals surface area contributed by atoms with Gasteiger partial charge in [0.05, 0.1) is 0 Å². The molecular weight excluding hydrogens is 332 g/mol. The van der Waals surface area contributed by atoms with Gasteiger partial charge in [-0.2, -0.15) is 0 Å². The molecule has 0 saturated carbocycles. The van der Waals surface area contributed by atoms with Crippen molar-refractivity contribution in [1.82, 2.24) is 15.0 Å². The Hall–Kier alpha value is -2.67. The summed E-state index contributed by atoms with van der Waals surface area (Å²) in [7, 11) is 0. The number of piperidine rings is 1. The summed E-state index contributed by atoms with van der Waals surface area (Å²) in [6, 6.07) is 11.7. The first-order chi connectivity index (χ1) is 12.6. The summed E-state index contributed by atoms with van der Waals surface area (Å²) in [6.07, 6.45) is 1.62. The van der Waals surface area contributed by atoms with Gasteiger partial charge in [0.2, 0.25) is 5.91 Å². The van der Waals surface area contributed by atoms with Crippen molar-refractivity contribution in [2.45, 2.75) is 18.9 Å². The molecule has 0 atom stereocenters. The second-order valence-corrected chi connectivity index (χ2v) is 7.02. The average molecular weight is 354 g/mol. The van der Waals surface area contributed by atoms with Gasteiger partial charge in [0.15, 0.2) is 11.5 Å². The number of carbonyl (C=O) groups excluding carboxylic acids is 2. The van der Waals surface area contributed by atoms with Crippen LogP contribution in [0.3, 0.4) is 0 Å². The molecule has 0 spiro atoms. The normalized spacial score (nSPS) is 19.3. The third kappa shape index (κ3) is 3.22. The number of hydrogen-bond donors (Lipinski definition) is 1. The van der Waals surface area contributed by atoms with Crippen LogP contribution in [0.2, 0.25) is 0 Å². The lowest BCUT2D eigenvalue weighted by atomic mass is 9.93. The highest BCUT2D eigenvalue weighted by atomic mass is 16.5. The summed E-state index contributed by atoms with van der Waals surface area (Å²) >= 11 is 0. The van der Waals surface area contributed by atoms with E-state index in [0.717, 1.165) is 31.5 Å². The first-order valence-electron chi connectivity index (χ1n) is 8.96. The molecule has 2 saturated heterocycles. The Morgan fingerprint density at radius 2 is 1.81 bits per heavy atom. The molecule has 0 aliphatic carbocycles. The van der Waals surface area contributed by atoms with Crippen molar-refractivity contribution < 1.29 is 14.1 Å². The molecule has 2 fully saturated rings. The Bertz CT molecular complexity index is 790. The molecule has 7 nitrogen and oxygen atoms in total. The lowest BCUT2D eigenvalue weighted by Gasteiger charge is -2.47. The van der Waals surface area contributed by atoms with Crippen molar-refractivity contribution in [3.8, 4) is 11.3 Å². The minimum absolute atomic E-state index is 0.00407. The van der Waals surface area contributed by atoms with E-state index >= 15 is 0 Å². The zero-order chi connectivity index (χ0) is 18.1. The molecule has 4 rings (SSSR count). The van der Waals surface area contributed by atoms with E-state index in [9.17, 15) is 9.59 Å². The number of hydrogen-bond acceptors (Lipinski definition) is 5.